The van der Waals surface area contributed by atoms with E-state index in [1.165, 1.54) is 0 Å². The number of halogens is 1. The molecule has 2 N–H and O–H groups in total. The molecule has 178 valence electrons. The van der Waals surface area contributed by atoms with Crippen LogP contribution in [0.25, 0.3) is 10.9 Å². The Hall–Kier alpha value is -3.19. The second-order valence-corrected chi connectivity index (χ2v) is 8.07. The highest BCUT2D eigenvalue weighted by Gasteiger charge is 2.25. The SMILES string of the molecule is Cl.O.c1ccc(OCC(OC2CCN(c3ncc4ccccc4n3)CC2)c2ccccc2)cc1. The molecule has 1 aliphatic heterocycles. The largest absolute Gasteiger partial charge is 0.491 e. The van der Waals surface area contributed by atoms with E-state index in [1.807, 2.05) is 79.0 Å². The van der Waals surface area contributed by atoms with Gasteiger partial charge in [0.15, 0.2) is 0 Å². The first-order chi connectivity index (χ1) is 15.8. The number of hydrogen-bond donors (Lipinski definition) is 0. The zero-order valence-corrected chi connectivity index (χ0v) is 19.7. The lowest BCUT2D eigenvalue weighted by Crippen LogP contribution is -2.39. The van der Waals surface area contributed by atoms with E-state index in [9.17, 15) is 0 Å². The van der Waals surface area contributed by atoms with Crippen molar-refractivity contribution in [2.75, 3.05) is 24.6 Å². The highest BCUT2D eigenvalue weighted by Crippen LogP contribution is 2.27. The first-order valence-electron chi connectivity index (χ1n) is 11.2. The summed E-state index contributed by atoms with van der Waals surface area (Å²) in [6, 6.07) is 28.4. The number of hydrogen-bond acceptors (Lipinski definition) is 5. The van der Waals surface area contributed by atoms with E-state index in [1.54, 1.807) is 0 Å². The Morgan fingerprint density at radius 1 is 0.853 bits per heavy atom. The van der Waals surface area contributed by atoms with Gasteiger partial charge in [0, 0.05) is 24.7 Å². The number of anilines is 1. The highest BCUT2D eigenvalue weighted by atomic mass is 35.5. The second kappa shape index (κ2) is 12.3. The van der Waals surface area contributed by atoms with Crippen molar-refractivity contribution in [2.45, 2.75) is 25.0 Å². The van der Waals surface area contributed by atoms with Gasteiger partial charge in [-0.15, -0.1) is 12.4 Å². The molecule has 4 aromatic rings. The summed E-state index contributed by atoms with van der Waals surface area (Å²) in [5, 5.41) is 1.07. The zero-order valence-electron chi connectivity index (χ0n) is 18.9. The minimum Gasteiger partial charge on any atom is -0.491 e. The van der Waals surface area contributed by atoms with E-state index in [4.69, 9.17) is 14.5 Å². The number of piperidine rings is 1. The van der Waals surface area contributed by atoms with Gasteiger partial charge in [0.05, 0.1) is 11.6 Å². The molecule has 0 aliphatic carbocycles. The Bertz CT molecular complexity index is 1140. The average Bonchev–Trinajstić information content (AvgIpc) is 2.88. The predicted octanol–water partition coefficient (Wildman–Crippen LogP) is 5.03. The topological polar surface area (TPSA) is 79.0 Å². The molecule has 0 radical (unpaired) electrons. The number of ether oxygens (including phenoxy) is 2. The fourth-order valence-electron chi connectivity index (χ4n) is 4.11. The van der Waals surface area contributed by atoms with Crippen molar-refractivity contribution in [3.8, 4) is 5.75 Å². The van der Waals surface area contributed by atoms with Crippen LogP contribution in [0.4, 0.5) is 5.95 Å². The molecule has 0 spiro atoms. The summed E-state index contributed by atoms with van der Waals surface area (Å²) < 4.78 is 12.6. The number of para-hydroxylation sites is 2. The van der Waals surface area contributed by atoms with Crippen molar-refractivity contribution < 1.29 is 14.9 Å². The molecule has 1 aliphatic rings. The van der Waals surface area contributed by atoms with Gasteiger partial charge >= 0.3 is 0 Å². The lowest BCUT2D eigenvalue weighted by molar-refractivity contribution is -0.0453. The molecule has 0 amide bonds. The third-order valence-corrected chi connectivity index (χ3v) is 5.87. The van der Waals surface area contributed by atoms with Gasteiger partial charge in [0.1, 0.15) is 18.5 Å². The Labute approximate surface area is 206 Å². The first kappa shape index (κ1) is 25.4. The summed E-state index contributed by atoms with van der Waals surface area (Å²) in [5.74, 6) is 1.66. The van der Waals surface area contributed by atoms with E-state index >= 15 is 0 Å². The number of fused-ring (bicyclic) bond motifs is 1. The molecule has 2 heterocycles. The molecule has 0 bridgehead atoms. The minimum atomic E-state index is -0.107. The monoisotopic (exact) mass is 479 g/mol. The zero-order chi connectivity index (χ0) is 21.6. The Kier molecular flexibility index (Phi) is 9.22. The normalized spacial score (nSPS) is 14.6. The van der Waals surface area contributed by atoms with E-state index < -0.39 is 0 Å². The fraction of sp³-hybridized carbons (Fsp3) is 0.259. The molecule has 1 aromatic heterocycles. The highest BCUT2D eigenvalue weighted by molar-refractivity contribution is 5.85. The van der Waals surface area contributed by atoms with Crippen molar-refractivity contribution in [1.29, 1.82) is 0 Å². The average molecular weight is 480 g/mol. The molecule has 0 saturated carbocycles. The Morgan fingerprint density at radius 2 is 1.50 bits per heavy atom. The molecule has 1 saturated heterocycles. The number of rotatable bonds is 7. The van der Waals surface area contributed by atoms with E-state index in [2.05, 4.69) is 22.0 Å². The van der Waals surface area contributed by atoms with Gasteiger partial charge in [-0.05, 0) is 36.6 Å². The molecule has 1 unspecified atom stereocenters. The standard InChI is InChI=1S/C27H27N3O2.ClH.H2O/c1-3-9-21(10-4-1)26(20-31-23-12-5-2-6-13-23)32-24-15-17-30(18-16-24)27-28-19-22-11-7-8-14-25(22)29-27;;/h1-14,19,24,26H,15-18,20H2;1H;1H2. The summed E-state index contributed by atoms with van der Waals surface area (Å²) in [4.78, 5) is 11.6. The summed E-state index contributed by atoms with van der Waals surface area (Å²) in [6.45, 7) is 2.25. The van der Waals surface area contributed by atoms with Gasteiger partial charge in [-0.2, -0.15) is 0 Å². The second-order valence-electron chi connectivity index (χ2n) is 8.07. The number of nitrogens with zero attached hydrogens (tertiary/aromatic N) is 3. The number of aromatic nitrogens is 2. The molecule has 1 fully saturated rings. The molecular formula is C27H30ClN3O3. The Morgan fingerprint density at radius 3 is 2.24 bits per heavy atom. The van der Waals surface area contributed by atoms with Crippen LogP contribution in [-0.4, -0.2) is 41.2 Å². The minimum absolute atomic E-state index is 0. The van der Waals surface area contributed by atoms with Crippen LogP contribution in [0.2, 0.25) is 0 Å². The molecular weight excluding hydrogens is 450 g/mol. The van der Waals surface area contributed by atoms with Gasteiger partial charge in [-0.3, -0.25) is 0 Å². The van der Waals surface area contributed by atoms with Crippen LogP contribution in [-0.2, 0) is 4.74 Å². The smallest absolute Gasteiger partial charge is 0.225 e. The van der Waals surface area contributed by atoms with Crippen molar-refractivity contribution in [3.05, 3.63) is 96.7 Å². The van der Waals surface area contributed by atoms with E-state index in [-0.39, 0.29) is 30.1 Å². The maximum Gasteiger partial charge on any atom is 0.225 e. The fourth-order valence-corrected chi connectivity index (χ4v) is 4.11. The van der Waals surface area contributed by atoms with Crippen LogP contribution >= 0.6 is 12.4 Å². The van der Waals surface area contributed by atoms with Gasteiger partial charge < -0.3 is 19.8 Å². The van der Waals surface area contributed by atoms with Crippen LogP contribution < -0.4 is 9.64 Å². The van der Waals surface area contributed by atoms with Crippen LogP contribution in [0, 0.1) is 0 Å². The van der Waals surface area contributed by atoms with Crippen molar-refractivity contribution >= 4 is 29.3 Å². The van der Waals surface area contributed by atoms with Crippen LogP contribution in [0.15, 0.2) is 91.1 Å². The Balaban J connectivity index is 0.00000162. The van der Waals surface area contributed by atoms with E-state index in [0.29, 0.717) is 6.61 Å². The van der Waals surface area contributed by atoms with Crippen molar-refractivity contribution in [2.24, 2.45) is 0 Å². The summed E-state index contributed by atoms with van der Waals surface area (Å²) in [7, 11) is 0. The lowest BCUT2D eigenvalue weighted by atomic mass is 10.1. The summed E-state index contributed by atoms with van der Waals surface area (Å²) >= 11 is 0. The van der Waals surface area contributed by atoms with Gasteiger partial charge in [0.25, 0.3) is 0 Å². The lowest BCUT2D eigenvalue weighted by Gasteiger charge is -2.34. The maximum absolute atomic E-state index is 6.56. The summed E-state index contributed by atoms with van der Waals surface area (Å²) in [5.41, 5.74) is 2.13. The molecule has 34 heavy (non-hydrogen) atoms. The molecule has 5 rings (SSSR count). The molecule has 3 aromatic carbocycles. The third kappa shape index (κ3) is 6.23. The van der Waals surface area contributed by atoms with E-state index in [0.717, 1.165) is 54.1 Å². The van der Waals surface area contributed by atoms with Crippen molar-refractivity contribution in [3.63, 3.8) is 0 Å². The summed E-state index contributed by atoms with van der Waals surface area (Å²) in [6.07, 6.45) is 3.85. The van der Waals surface area contributed by atoms with Crippen LogP contribution in [0.1, 0.15) is 24.5 Å². The van der Waals surface area contributed by atoms with Crippen LogP contribution in [0.3, 0.4) is 0 Å². The molecule has 7 heteroatoms. The third-order valence-electron chi connectivity index (χ3n) is 5.87. The first-order valence-corrected chi connectivity index (χ1v) is 11.2. The van der Waals surface area contributed by atoms with Gasteiger partial charge in [-0.25, -0.2) is 9.97 Å². The van der Waals surface area contributed by atoms with Gasteiger partial charge in [-0.1, -0.05) is 66.7 Å². The molecule has 1 atom stereocenters. The number of benzene rings is 3. The van der Waals surface area contributed by atoms with Crippen molar-refractivity contribution in [1.82, 2.24) is 9.97 Å². The maximum atomic E-state index is 6.56. The van der Waals surface area contributed by atoms with Crippen LogP contribution in [0.5, 0.6) is 5.75 Å². The van der Waals surface area contributed by atoms with Gasteiger partial charge in [0.2, 0.25) is 5.95 Å². The predicted molar refractivity (Wildman–Crippen MR) is 138 cm³/mol. The quantitative estimate of drug-likeness (QED) is 0.371. The molecule has 6 nitrogen and oxygen atoms in total.